The zero-order chi connectivity index (χ0) is 15.3. The largest absolute Gasteiger partial charge is 0.405 e. The highest BCUT2D eigenvalue weighted by atomic mass is 19.4. The molecule has 0 aromatic heterocycles. The summed E-state index contributed by atoms with van der Waals surface area (Å²) in [6, 6.07) is -0.915. The van der Waals surface area contributed by atoms with Gasteiger partial charge in [-0.3, -0.25) is 4.79 Å². The third-order valence-corrected chi connectivity index (χ3v) is 2.77. The highest BCUT2D eigenvalue weighted by Crippen LogP contribution is 2.22. The topological polar surface area (TPSA) is 61.4 Å². The van der Waals surface area contributed by atoms with Gasteiger partial charge in [0.1, 0.15) is 6.54 Å². The Kier molecular flexibility index (Phi) is 6.79. The molecule has 7 heteroatoms. The van der Waals surface area contributed by atoms with Crippen LogP contribution in [0.15, 0.2) is 0 Å². The number of nitrogens with one attached hydrogen (secondary N) is 2. The van der Waals surface area contributed by atoms with E-state index in [9.17, 15) is 18.0 Å². The standard InChI is InChI=1S/C12H23F3N2O2/c1-8(10(19)16-7-12(13,14)15)17-9(5-6-18)11(2,3)4/h8-9,17-18H,5-7H2,1-4H3,(H,16,19). The lowest BCUT2D eigenvalue weighted by Gasteiger charge is -2.33. The van der Waals surface area contributed by atoms with E-state index >= 15 is 0 Å². The van der Waals surface area contributed by atoms with Crippen molar-refractivity contribution in [2.45, 2.75) is 52.4 Å². The molecule has 0 rings (SSSR count). The van der Waals surface area contributed by atoms with E-state index in [2.05, 4.69) is 5.32 Å². The lowest BCUT2D eigenvalue weighted by molar-refractivity contribution is -0.139. The third-order valence-electron chi connectivity index (χ3n) is 2.77. The summed E-state index contributed by atoms with van der Waals surface area (Å²) in [7, 11) is 0. The van der Waals surface area contributed by atoms with Gasteiger partial charge in [0.2, 0.25) is 5.91 Å². The van der Waals surface area contributed by atoms with Gasteiger partial charge in [-0.25, -0.2) is 0 Å². The average Bonchev–Trinajstić information content (AvgIpc) is 2.22. The van der Waals surface area contributed by atoms with Gasteiger partial charge < -0.3 is 15.7 Å². The normalized spacial score (nSPS) is 16.0. The van der Waals surface area contributed by atoms with Gasteiger partial charge in [0.25, 0.3) is 0 Å². The molecule has 0 spiro atoms. The lowest BCUT2D eigenvalue weighted by atomic mass is 9.84. The molecule has 1 amide bonds. The van der Waals surface area contributed by atoms with Crippen molar-refractivity contribution in [3.05, 3.63) is 0 Å². The number of rotatable bonds is 6. The summed E-state index contributed by atoms with van der Waals surface area (Å²) >= 11 is 0. The van der Waals surface area contributed by atoms with Crippen LogP contribution in [0.4, 0.5) is 13.2 Å². The van der Waals surface area contributed by atoms with E-state index in [0.29, 0.717) is 6.42 Å². The molecule has 0 aliphatic heterocycles. The minimum Gasteiger partial charge on any atom is -0.396 e. The maximum absolute atomic E-state index is 12.0. The number of halogens is 3. The summed E-state index contributed by atoms with van der Waals surface area (Å²) in [6.07, 6.45) is -3.98. The minimum atomic E-state index is -4.41. The molecule has 0 fully saturated rings. The Balaban J connectivity index is 4.40. The number of alkyl halides is 3. The molecule has 2 unspecified atom stereocenters. The molecule has 3 N–H and O–H groups in total. The van der Waals surface area contributed by atoms with Gasteiger partial charge >= 0.3 is 6.18 Å². The van der Waals surface area contributed by atoms with Gasteiger partial charge in [-0.15, -0.1) is 0 Å². The zero-order valence-electron chi connectivity index (χ0n) is 11.8. The first kappa shape index (κ1) is 18.2. The Morgan fingerprint density at radius 2 is 1.79 bits per heavy atom. The molecule has 19 heavy (non-hydrogen) atoms. The monoisotopic (exact) mass is 284 g/mol. The van der Waals surface area contributed by atoms with Crippen LogP contribution in [0.3, 0.4) is 0 Å². The molecular formula is C12H23F3N2O2. The number of amides is 1. The number of carbonyl (C=O) groups is 1. The van der Waals surface area contributed by atoms with E-state index in [1.54, 1.807) is 0 Å². The van der Waals surface area contributed by atoms with Gasteiger partial charge in [-0.05, 0) is 18.8 Å². The van der Waals surface area contributed by atoms with Crippen LogP contribution in [0.1, 0.15) is 34.1 Å². The van der Waals surface area contributed by atoms with Crippen molar-refractivity contribution in [1.29, 1.82) is 0 Å². The molecule has 4 nitrogen and oxygen atoms in total. The Morgan fingerprint density at radius 3 is 2.16 bits per heavy atom. The fraction of sp³-hybridized carbons (Fsp3) is 0.917. The first-order chi connectivity index (χ1) is 8.47. The number of aliphatic hydroxyl groups excluding tert-OH is 1. The molecular weight excluding hydrogens is 261 g/mol. The van der Waals surface area contributed by atoms with Crippen molar-refractivity contribution in [2.75, 3.05) is 13.2 Å². The molecule has 0 aromatic carbocycles. The second kappa shape index (κ2) is 7.09. The van der Waals surface area contributed by atoms with Crippen LogP contribution in [-0.2, 0) is 4.79 Å². The van der Waals surface area contributed by atoms with Crippen LogP contribution >= 0.6 is 0 Å². The van der Waals surface area contributed by atoms with Crippen molar-refractivity contribution in [2.24, 2.45) is 5.41 Å². The molecule has 0 radical (unpaired) electrons. The van der Waals surface area contributed by atoms with Crippen LogP contribution in [-0.4, -0.2) is 42.4 Å². The highest BCUT2D eigenvalue weighted by molar-refractivity contribution is 5.81. The van der Waals surface area contributed by atoms with Gasteiger partial charge in [0, 0.05) is 12.6 Å². The fourth-order valence-electron chi connectivity index (χ4n) is 1.61. The van der Waals surface area contributed by atoms with E-state index < -0.39 is 24.7 Å². The smallest absolute Gasteiger partial charge is 0.396 e. The number of carbonyl (C=O) groups excluding carboxylic acids is 1. The number of aliphatic hydroxyl groups is 1. The minimum absolute atomic E-state index is 0.0498. The van der Waals surface area contributed by atoms with Crippen LogP contribution in [0.2, 0.25) is 0 Å². The summed E-state index contributed by atoms with van der Waals surface area (Å²) in [4.78, 5) is 11.5. The van der Waals surface area contributed by atoms with E-state index in [0.717, 1.165) is 0 Å². The average molecular weight is 284 g/mol. The van der Waals surface area contributed by atoms with Crippen LogP contribution in [0.25, 0.3) is 0 Å². The van der Waals surface area contributed by atoms with E-state index in [-0.39, 0.29) is 18.1 Å². The Morgan fingerprint density at radius 1 is 1.26 bits per heavy atom. The van der Waals surface area contributed by atoms with E-state index in [1.807, 2.05) is 26.1 Å². The maximum Gasteiger partial charge on any atom is 0.405 e. The van der Waals surface area contributed by atoms with Gasteiger partial charge in [0.15, 0.2) is 0 Å². The Hall–Kier alpha value is -0.820. The quantitative estimate of drug-likeness (QED) is 0.691. The summed E-state index contributed by atoms with van der Waals surface area (Å²) < 4.78 is 36.0. The third kappa shape index (κ3) is 8.05. The molecule has 0 bridgehead atoms. The maximum atomic E-state index is 12.0. The predicted molar refractivity (Wildman–Crippen MR) is 66.6 cm³/mol. The second-order valence-corrected chi connectivity index (χ2v) is 5.65. The SMILES string of the molecule is CC(NC(CCO)C(C)(C)C)C(=O)NCC(F)(F)F. The van der Waals surface area contributed by atoms with Crippen LogP contribution < -0.4 is 10.6 Å². The van der Waals surface area contributed by atoms with Crippen molar-refractivity contribution in [3.8, 4) is 0 Å². The van der Waals surface area contributed by atoms with Crippen molar-refractivity contribution < 1.29 is 23.1 Å². The zero-order valence-corrected chi connectivity index (χ0v) is 11.8. The number of hydrogen-bond acceptors (Lipinski definition) is 3. The predicted octanol–water partition coefficient (Wildman–Crippen LogP) is 1.44. The summed E-state index contributed by atoms with van der Waals surface area (Å²) in [5, 5.41) is 13.8. The van der Waals surface area contributed by atoms with E-state index in [4.69, 9.17) is 5.11 Å². The molecule has 0 saturated heterocycles. The molecule has 0 heterocycles. The van der Waals surface area contributed by atoms with Crippen molar-refractivity contribution >= 4 is 5.91 Å². The molecule has 0 saturated carbocycles. The first-order valence-corrected chi connectivity index (χ1v) is 6.18. The highest BCUT2D eigenvalue weighted by Gasteiger charge is 2.30. The van der Waals surface area contributed by atoms with Crippen LogP contribution in [0, 0.1) is 5.41 Å². The molecule has 0 aromatic rings. The summed E-state index contributed by atoms with van der Waals surface area (Å²) in [6.45, 7) is 5.91. The van der Waals surface area contributed by atoms with E-state index in [1.165, 1.54) is 6.92 Å². The molecule has 2 atom stereocenters. The lowest BCUT2D eigenvalue weighted by Crippen LogP contribution is -2.52. The summed E-state index contributed by atoms with van der Waals surface area (Å²) in [5.74, 6) is -0.704. The Bertz CT molecular complexity index is 288. The van der Waals surface area contributed by atoms with Crippen molar-refractivity contribution in [3.63, 3.8) is 0 Å². The first-order valence-electron chi connectivity index (χ1n) is 6.18. The molecule has 114 valence electrons. The fourth-order valence-corrected chi connectivity index (χ4v) is 1.61. The molecule has 0 aliphatic carbocycles. The second-order valence-electron chi connectivity index (χ2n) is 5.65. The summed E-state index contributed by atoms with van der Waals surface area (Å²) in [5.41, 5.74) is -0.207. The Labute approximate surface area is 111 Å². The molecule has 0 aliphatic rings. The van der Waals surface area contributed by atoms with Crippen molar-refractivity contribution in [1.82, 2.24) is 10.6 Å². The van der Waals surface area contributed by atoms with Crippen LogP contribution in [0.5, 0.6) is 0 Å². The van der Waals surface area contributed by atoms with Gasteiger partial charge in [0.05, 0.1) is 6.04 Å². The van der Waals surface area contributed by atoms with Gasteiger partial charge in [-0.1, -0.05) is 20.8 Å². The van der Waals surface area contributed by atoms with Gasteiger partial charge in [-0.2, -0.15) is 13.2 Å². The number of hydrogen-bond donors (Lipinski definition) is 3.